The summed E-state index contributed by atoms with van der Waals surface area (Å²) in [6, 6.07) is 5.64. The Morgan fingerprint density at radius 1 is 1.56 bits per heavy atom. The van der Waals surface area contributed by atoms with E-state index in [1.54, 1.807) is 6.92 Å². The second-order valence-corrected chi connectivity index (χ2v) is 4.93. The molecule has 4 nitrogen and oxygen atoms in total. The normalized spacial score (nSPS) is 15.2. The smallest absolute Gasteiger partial charge is 0.198 e. The van der Waals surface area contributed by atoms with Crippen molar-refractivity contribution in [1.29, 1.82) is 0 Å². The Kier molecular flexibility index (Phi) is 3.01. The van der Waals surface area contributed by atoms with Gasteiger partial charge in [0.15, 0.2) is 11.5 Å². The lowest BCUT2D eigenvalue weighted by atomic mass is 10.0. The van der Waals surface area contributed by atoms with Gasteiger partial charge in [0.25, 0.3) is 0 Å². The average Bonchev–Trinajstić information content (AvgIpc) is 2.61. The fraction of sp³-hybridized carbons (Fsp3) is 0.364. The van der Waals surface area contributed by atoms with Crippen LogP contribution in [0.2, 0.25) is 0 Å². The van der Waals surface area contributed by atoms with Crippen molar-refractivity contribution in [3.63, 3.8) is 0 Å². The van der Waals surface area contributed by atoms with Gasteiger partial charge in [-0.1, -0.05) is 6.07 Å². The van der Waals surface area contributed by atoms with Crippen LogP contribution in [-0.2, 0) is 6.42 Å². The van der Waals surface area contributed by atoms with Crippen LogP contribution in [0, 0.1) is 0 Å². The lowest BCUT2D eigenvalue weighted by Crippen LogP contribution is -2.36. The Hall–Kier alpha value is -0.910. The first-order valence-corrected chi connectivity index (χ1v) is 5.77. The van der Waals surface area contributed by atoms with E-state index < -0.39 is 5.60 Å². The van der Waals surface area contributed by atoms with E-state index in [4.69, 9.17) is 10.2 Å². The van der Waals surface area contributed by atoms with Crippen molar-refractivity contribution in [2.75, 3.05) is 6.54 Å². The Labute approximate surface area is 102 Å². The summed E-state index contributed by atoms with van der Waals surface area (Å²) in [6.45, 7) is 1.84. The maximum absolute atomic E-state index is 9.83. The van der Waals surface area contributed by atoms with Gasteiger partial charge in [-0.05, 0) is 35.0 Å². The molecule has 3 N–H and O–H groups in total. The quantitative estimate of drug-likeness (QED) is 0.902. The van der Waals surface area contributed by atoms with Crippen molar-refractivity contribution in [2.45, 2.75) is 18.9 Å². The van der Waals surface area contributed by atoms with Crippen molar-refractivity contribution in [3.8, 4) is 0 Å². The molecule has 2 rings (SSSR count). The van der Waals surface area contributed by atoms with E-state index in [9.17, 15) is 5.11 Å². The van der Waals surface area contributed by atoms with Gasteiger partial charge in [0.2, 0.25) is 0 Å². The minimum atomic E-state index is -0.979. The van der Waals surface area contributed by atoms with Gasteiger partial charge in [-0.2, -0.15) is 0 Å². The monoisotopic (exact) mass is 284 g/mol. The molecule has 16 heavy (non-hydrogen) atoms. The van der Waals surface area contributed by atoms with E-state index in [-0.39, 0.29) is 6.54 Å². The average molecular weight is 285 g/mol. The Morgan fingerprint density at radius 3 is 2.94 bits per heavy atom. The predicted molar refractivity (Wildman–Crippen MR) is 65.1 cm³/mol. The summed E-state index contributed by atoms with van der Waals surface area (Å²) in [6.07, 6.45) is 0.310. The number of hydrogen-bond acceptors (Lipinski definition) is 4. The summed E-state index contributed by atoms with van der Waals surface area (Å²) in [5.74, 6) is 0.498. The second kappa shape index (κ2) is 4.16. The van der Waals surface area contributed by atoms with Crippen LogP contribution in [0.1, 0.15) is 12.8 Å². The van der Waals surface area contributed by atoms with Crippen molar-refractivity contribution < 1.29 is 9.52 Å². The van der Waals surface area contributed by atoms with Gasteiger partial charge in [0, 0.05) is 6.54 Å². The molecule has 86 valence electrons. The van der Waals surface area contributed by atoms with Crippen LogP contribution in [-0.4, -0.2) is 22.2 Å². The van der Waals surface area contributed by atoms with E-state index in [0.29, 0.717) is 17.9 Å². The van der Waals surface area contributed by atoms with Crippen molar-refractivity contribution in [3.05, 3.63) is 28.6 Å². The molecule has 0 aliphatic heterocycles. The molecular formula is C11H13BrN2O2. The molecule has 0 bridgehead atoms. The van der Waals surface area contributed by atoms with Crippen LogP contribution in [0.3, 0.4) is 0 Å². The highest BCUT2D eigenvalue weighted by Crippen LogP contribution is 2.25. The Balaban J connectivity index is 2.37. The number of benzene rings is 1. The Morgan fingerprint density at radius 2 is 2.31 bits per heavy atom. The summed E-state index contributed by atoms with van der Waals surface area (Å²) in [5.41, 5.74) is 5.95. The summed E-state index contributed by atoms with van der Waals surface area (Å²) < 4.78 is 6.42. The summed E-state index contributed by atoms with van der Waals surface area (Å²) in [7, 11) is 0. The molecule has 1 unspecified atom stereocenters. The number of nitrogens with zero attached hydrogens (tertiary/aromatic N) is 1. The number of rotatable bonds is 3. The van der Waals surface area contributed by atoms with Gasteiger partial charge in [-0.25, -0.2) is 4.98 Å². The summed E-state index contributed by atoms with van der Waals surface area (Å²) in [4.78, 5) is 4.29. The zero-order valence-corrected chi connectivity index (χ0v) is 10.5. The number of hydrogen-bond donors (Lipinski definition) is 2. The number of aromatic nitrogens is 1. The fourth-order valence-corrected chi connectivity index (χ4v) is 1.87. The topological polar surface area (TPSA) is 72.3 Å². The molecule has 5 heteroatoms. The first kappa shape index (κ1) is 11.6. The van der Waals surface area contributed by atoms with Crippen LogP contribution < -0.4 is 5.73 Å². The first-order valence-electron chi connectivity index (χ1n) is 4.98. The third-order valence-electron chi connectivity index (χ3n) is 2.38. The number of fused-ring (bicyclic) bond motifs is 1. The third kappa shape index (κ3) is 2.26. The van der Waals surface area contributed by atoms with E-state index >= 15 is 0 Å². The molecule has 1 aromatic carbocycles. The minimum Gasteiger partial charge on any atom is -0.439 e. The number of aliphatic hydroxyl groups is 1. The van der Waals surface area contributed by atoms with Gasteiger partial charge in [0.1, 0.15) is 5.52 Å². The maximum Gasteiger partial charge on any atom is 0.198 e. The molecule has 0 aliphatic carbocycles. The number of para-hydroxylation sites is 1. The molecule has 1 heterocycles. The SMILES string of the molecule is CC(O)(CN)Cc1nc2cccc(Br)c2o1. The number of nitrogens with two attached hydrogens (primary N) is 1. The lowest BCUT2D eigenvalue weighted by molar-refractivity contribution is 0.0632. The van der Waals surface area contributed by atoms with Gasteiger partial charge in [-0.3, -0.25) is 0 Å². The van der Waals surface area contributed by atoms with Gasteiger partial charge < -0.3 is 15.3 Å². The van der Waals surface area contributed by atoms with Crippen LogP contribution in [0.4, 0.5) is 0 Å². The fourth-order valence-electron chi connectivity index (χ4n) is 1.44. The van der Waals surface area contributed by atoms with E-state index in [1.165, 1.54) is 0 Å². The molecule has 2 aromatic rings. The largest absolute Gasteiger partial charge is 0.439 e. The third-order valence-corrected chi connectivity index (χ3v) is 3.01. The summed E-state index contributed by atoms with van der Waals surface area (Å²) >= 11 is 3.39. The van der Waals surface area contributed by atoms with Crippen LogP contribution in [0.15, 0.2) is 27.1 Å². The van der Waals surface area contributed by atoms with E-state index in [0.717, 1.165) is 9.99 Å². The van der Waals surface area contributed by atoms with E-state index in [1.807, 2.05) is 18.2 Å². The molecule has 0 saturated heterocycles. The summed E-state index contributed by atoms with van der Waals surface area (Å²) in [5, 5.41) is 9.83. The number of halogens is 1. The maximum atomic E-state index is 9.83. The molecule has 0 fully saturated rings. The molecule has 0 radical (unpaired) electrons. The predicted octanol–water partition coefficient (Wildman–Crippen LogP) is 1.84. The van der Waals surface area contributed by atoms with E-state index in [2.05, 4.69) is 20.9 Å². The van der Waals surface area contributed by atoms with Crippen molar-refractivity contribution >= 4 is 27.0 Å². The Bertz CT molecular complexity index is 508. The molecule has 0 aliphatic rings. The molecule has 1 aromatic heterocycles. The molecule has 0 saturated carbocycles. The first-order chi connectivity index (χ1) is 7.52. The number of oxazole rings is 1. The van der Waals surface area contributed by atoms with Gasteiger partial charge >= 0.3 is 0 Å². The van der Waals surface area contributed by atoms with Crippen LogP contribution in [0.25, 0.3) is 11.1 Å². The van der Waals surface area contributed by atoms with Gasteiger partial charge in [0.05, 0.1) is 16.5 Å². The molecule has 1 atom stereocenters. The highest BCUT2D eigenvalue weighted by atomic mass is 79.9. The van der Waals surface area contributed by atoms with Crippen molar-refractivity contribution in [1.82, 2.24) is 4.98 Å². The standard InChI is InChI=1S/C11H13BrN2O2/c1-11(15,6-13)5-9-14-8-4-2-3-7(12)10(8)16-9/h2-4,15H,5-6,13H2,1H3. The highest BCUT2D eigenvalue weighted by molar-refractivity contribution is 9.10. The second-order valence-electron chi connectivity index (χ2n) is 4.07. The lowest BCUT2D eigenvalue weighted by Gasteiger charge is -2.18. The van der Waals surface area contributed by atoms with Crippen LogP contribution >= 0.6 is 15.9 Å². The molecule has 0 spiro atoms. The highest BCUT2D eigenvalue weighted by Gasteiger charge is 2.22. The zero-order chi connectivity index (χ0) is 11.8. The molecule has 0 amide bonds. The minimum absolute atomic E-state index is 0.174. The van der Waals surface area contributed by atoms with Crippen LogP contribution in [0.5, 0.6) is 0 Å². The van der Waals surface area contributed by atoms with Crippen molar-refractivity contribution in [2.24, 2.45) is 5.73 Å². The molecular weight excluding hydrogens is 272 g/mol. The zero-order valence-electron chi connectivity index (χ0n) is 8.90. The van der Waals surface area contributed by atoms with Gasteiger partial charge in [-0.15, -0.1) is 0 Å².